The summed E-state index contributed by atoms with van der Waals surface area (Å²) < 4.78 is 58.6. The van der Waals surface area contributed by atoms with E-state index in [1.54, 1.807) is 29.8 Å². The molecule has 0 radical (unpaired) electrons. The van der Waals surface area contributed by atoms with Gasteiger partial charge in [0.15, 0.2) is 0 Å². The Morgan fingerprint density at radius 2 is 1.85 bits per heavy atom. The first-order valence-electron chi connectivity index (χ1n) is 10.4. The van der Waals surface area contributed by atoms with Gasteiger partial charge in [-0.3, -0.25) is 9.59 Å². The van der Waals surface area contributed by atoms with E-state index in [1.165, 1.54) is 33.6 Å². The minimum atomic E-state index is -4.70. The van der Waals surface area contributed by atoms with Crippen molar-refractivity contribution in [3.05, 3.63) is 81.7 Å². The number of aryl methyl sites for hydroxylation is 2. The number of hydrogen-bond acceptors (Lipinski definition) is 3. The number of fused-ring (bicyclic) bond motifs is 2. The molecule has 7 nitrogen and oxygen atoms in total. The molecule has 5 rings (SSSR count). The van der Waals surface area contributed by atoms with Crippen LogP contribution in [-0.4, -0.2) is 36.0 Å². The summed E-state index contributed by atoms with van der Waals surface area (Å²) >= 11 is 0. The molecule has 0 spiro atoms. The van der Waals surface area contributed by atoms with Gasteiger partial charge in [-0.25, -0.2) is 9.37 Å². The monoisotopic (exact) mass is 473 g/mol. The minimum absolute atomic E-state index is 0.0203. The van der Waals surface area contributed by atoms with Crippen LogP contribution in [0.5, 0.6) is 0 Å². The molecule has 1 aliphatic heterocycles. The number of hydrogen-bond donors (Lipinski definition) is 0. The van der Waals surface area contributed by atoms with Gasteiger partial charge in [0.05, 0.1) is 23.1 Å². The number of aromatic nitrogens is 4. The molecule has 4 aromatic rings. The number of imidazole rings is 1. The lowest BCUT2D eigenvalue weighted by molar-refractivity contribution is -0.137. The highest BCUT2D eigenvalue weighted by Crippen LogP contribution is 2.35. The molecule has 1 aromatic carbocycles. The Morgan fingerprint density at radius 1 is 1.09 bits per heavy atom. The van der Waals surface area contributed by atoms with Crippen molar-refractivity contribution in [2.24, 2.45) is 7.05 Å². The number of nitrogens with zero attached hydrogens (tertiary/aromatic N) is 5. The molecule has 0 fully saturated rings. The van der Waals surface area contributed by atoms with Gasteiger partial charge in [-0.2, -0.15) is 13.2 Å². The van der Waals surface area contributed by atoms with Gasteiger partial charge in [0.25, 0.3) is 11.5 Å². The summed E-state index contributed by atoms with van der Waals surface area (Å²) in [6.07, 6.45) is 0.0440. The molecule has 4 heterocycles. The summed E-state index contributed by atoms with van der Waals surface area (Å²) in [5, 5.41) is 0.0939. The Hall–Kier alpha value is -3.89. The normalized spacial score (nSPS) is 14.2. The van der Waals surface area contributed by atoms with Gasteiger partial charge in [-0.15, -0.1) is 0 Å². The lowest BCUT2D eigenvalue weighted by Crippen LogP contribution is -2.44. The van der Waals surface area contributed by atoms with Crippen LogP contribution in [0, 0.1) is 12.7 Å². The predicted octanol–water partition coefficient (Wildman–Crippen LogP) is 3.65. The highest BCUT2D eigenvalue weighted by Gasteiger charge is 2.33. The Labute approximate surface area is 190 Å². The molecule has 1 amide bonds. The predicted molar refractivity (Wildman–Crippen MR) is 115 cm³/mol. The number of alkyl halides is 3. The Morgan fingerprint density at radius 3 is 2.53 bits per heavy atom. The molecule has 3 aromatic heterocycles. The molecule has 11 heteroatoms. The van der Waals surface area contributed by atoms with Crippen molar-refractivity contribution < 1.29 is 22.4 Å². The number of halogens is 4. The van der Waals surface area contributed by atoms with Crippen LogP contribution in [-0.2, 0) is 26.3 Å². The smallest absolute Gasteiger partial charge is 0.348 e. The molecule has 34 heavy (non-hydrogen) atoms. The largest absolute Gasteiger partial charge is 0.416 e. The van der Waals surface area contributed by atoms with Gasteiger partial charge in [-0.05, 0) is 36.8 Å². The minimum Gasteiger partial charge on any atom is -0.348 e. The third-order valence-corrected chi connectivity index (χ3v) is 6.04. The van der Waals surface area contributed by atoms with E-state index in [0.29, 0.717) is 17.3 Å². The van der Waals surface area contributed by atoms with Crippen LogP contribution in [0.15, 0.2) is 47.8 Å². The molecule has 0 aliphatic carbocycles. The van der Waals surface area contributed by atoms with Gasteiger partial charge in [0, 0.05) is 44.5 Å². The highest BCUT2D eigenvalue weighted by molar-refractivity contribution is 5.94. The summed E-state index contributed by atoms with van der Waals surface area (Å²) in [6, 6.07) is 4.46. The van der Waals surface area contributed by atoms with Crippen LogP contribution in [0.2, 0.25) is 0 Å². The molecule has 0 N–H and O–H groups in total. The third kappa shape index (κ3) is 3.47. The van der Waals surface area contributed by atoms with E-state index in [0.717, 1.165) is 11.8 Å². The van der Waals surface area contributed by atoms with E-state index in [9.17, 15) is 27.2 Å². The van der Waals surface area contributed by atoms with Crippen molar-refractivity contribution >= 4 is 16.8 Å². The van der Waals surface area contributed by atoms with Crippen molar-refractivity contribution in [2.75, 3.05) is 6.54 Å². The molecule has 0 atom stereocenters. The van der Waals surface area contributed by atoms with E-state index < -0.39 is 23.5 Å². The van der Waals surface area contributed by atoms with Gasteiger partial charge in [0.2, 0.25) is 0 Å². The van der Waals surface area contributed by atoms with Crippen molar-refractivity contribution in [1.82, 2.24) is 23.6 Å². The molecule has 1 aliphatic rings. The fraction of sp³-hybridized carbons (Fsp3) is 0.261. The van der Waals surface area contributed by atoms with Gasteiger partial charge in [0.1, 0.15) is 17.2 Å². The Balaban J connectivity index is 1.50. The number of benzene rings is 1. The van der Waals surface area contributed by atoms with E-state index in [4.69, 9.17) is 0 Å². The van der Waals surface area contributed by atoms with Crippen molar-refractivity contribution in [2.45, 2.75) is 26.2 Å². The van der Waals surface area contributed by atoms with Crippen LogP contribution < -0.4 is 5.56 Å². The maximum atomic E-state index is 14.5. The maximum absolute atomic E-state index is 14.5. The van der Waals surface area contributed by atoms with Gasteiger partial charge in [-0.1, -0.05) is 0 Å². The van der Waals surface area contributed by atoms with Crippen LogP contribution >= 0.6 is 0 Å². The average Bonchev–Trinajstić information content (AvgIpc) is 3.33. The fourth-order valence-corrected chi connectivity index (χ4v) is 4.43. The molecule has 0 bridgehead atoms. The SMILES string of the molecule is Cc1cn(-c2ccc3n(c2=O)CCN(Cc2cn(C)c4c(F)cc(C(F)(F)F)cc24)C3=O)cn1. The first-order chi connectivity index (χ1) is 16.0. The quantitative estimate of drug-likeness (QED) is 0.427. The fourth-order valence-electron chi connectivity index (χ4n) is 4.43. The second-order valence-electron chi connectivity index (χ2n) is 8.33. The molecule has 0 saturated carbocycles. The zero-order valence-corrected chi connectivity index (χ0v) is 18.2. The molecular formula is C23H19F4N5O2. The van der Waals surface area contributed by atoms with E-state index in [-0.39, 0.29) is 41.8 Å². The summed E-state index contributed by atoms with van der Waals surface area (Å²) in [4.78, 5) is 31.7. The molecule has 176 valence electrons. The second kappa shape index (κ2) is 7.57. The second-order valence-corrected chi connectivity index (χ2v) is 8.33. The van der Waals surface area contributed by atoms with Crippen molar-refractivity contribution in [1.29, 1.82) is 0 Å². The number of pyridine rings is 1. The Kier molecular flexibility index (Phi) is 4.88. The lowest BCUT2D eigenvalue weighted by atomic mass is 10.1. The molecular weight excluding hydrogens is 454 g/mol. The van der Waals surface area contributed by atoms with E-state index in [2.05, 4.69) is 4.98 Å². The summed E-state index contributed by atoms with van der Waals surface area (Å²) in [5.41, 5.74) is 0.263. The third-order valence-electron chi connectivity index (χ3n) is 6.04. The average molecular weight is 473 g/mol. The standard InChI is InChI=1S/C23H19F4N5O2/c1-13-9-31(12-28-13)18-3-4-19-21(33)30(5-6-32(19)22(18)34)11-14-10-29(2)20-16(14)7-15(8-17(20)24)23(25,26)27/h3-4,7-10,12H,5-6,11H2,1-2H3. The van der Waals surface area contributed by atoms with E-state index in [1.807, 2.05) is 0 Å². The van der Waals surface area contributed by atoms with E-state index >= 15 is 0 Å². The maximum Gasteiger partial charge on any atom is 0.416 e. The first-order valence-corrected chi connectivity index (χ1v) is 10.4. The molecule has 0 unspecified atom stereocenters. The van der Waals surface area contributed by atoms with Crippen LogP contribution in [0.4, 0.5) is 17.6 Å². The number of amides is 1. The highest BCUT2D eigenvalue weighted by atomic mass is 19.4. The summed E-state index contributed by atoms with van der Waals surface area (Å²) in [5.74, 6) is -1.41. The van der Waals surface area contributed by atoms with Crippen LogP contribution in [0.25, 0.3) is 16.6 Å². The number of carbonyl (C=O) groups is 1. The molecule has 0 saturated heterocycles. The number of carbonyl (C=O) groups excluding carboxylic acids is 1. The van der Waals surface area contributed by atoms with Crippen LogP contribution in [0.1, 0.15) is 27.3 Å². The van der Waals surface area contributed by atoms with Gasteiger partial charge >= 0.3 is 6.18 Å². The van der Waals surface area contributed by atoms with Gasteiger partial charge < -0.3 is 18.6 Å². The van der Waals surface area contributed by atoms with Crippen molar-refractivity contribution in [3.63, 3.8) is 0 Å². The first kappa shape index (κ1) is 21.9. The zero-order valence-electron chi connectivity index (χ0n) is 18.2. The zero-order chi connectivity index (χ0) is 24.4. The summed E-state index contributed by atoms with van der Waals surface area (Å²) in [6.45, 7) is 2.17. The van der Waals surface area contributed by atoms with Crippen LogP contribution in [0.3, 0.4) is 0 Å². The lowest BCUT2D eigenvalue weighted by Gasteiger charge is -2.29. The topological polar surface area (TPSA) is 65.1 Å². The Bertz CT molecular complexity index is 1510. The van der Waals surface area contributed by atoms with Crippen molar-refractivity contribution in [3.8, 4) is 5.69 Å². The number of rotatable bonds is 3. The summed E-state index contributed by atoms with van der Waals surface area (Å²) in [7, 11) is 1.54.